The van der Waals surface area contributed by atoms with Gasteiger partial charge in [0.15, 0.2) is 0 Å². The van der Waals surface area contributed by atoms with Crippen LogP contribution in [0.15, 0.2) is 0 Å². The summed E-state index contributed by atoms with van der Waals surface area (Å²) in [5, 5.41) is 4.10. The fraction of sp³-hybridized carbons (Fsp3) is 0.739. The Morgan fingerprint density at radius 2 is 1.34 bits per heavy atom. The second-order valence-corrected chi connectivity index (χ2v) is 7.70. The number of hydrogen-bond acceptors (Lipinski definition) is 9. The molecule has 0 saturated heterocycles. The number of hydrogen-bond donors (Lipinski definition) is 6. The van der Waals surface area contributed by atoms with E-state index in [1.54, 1.807) is 6.92 Å². The van der Waals surface area contributed by atoms with Crippen molar-refractivity contribution in [2.75, 3.05) is 26.2 Å². The zero-order valence-electron chi connectivity index (χ0n) is 23.7. The number of primary amides is 2. The maximum Gasteiger partial charge on any atom is 0.220 e. The highest BCUT2D eigenvalue weighted by Gasteiger charge is 2.07. The lowest BCUT2D eigenvalue weighted by atomic mass is 10.0. The molecule has 0 saturated carbocycles. The van der Waals surface area contributed by atoms with Crippen molar-refractivity contribution < 1.29 is 31.5 Å². The smallest absolute Gasteiger partial charge is 0.220 e. The average Bonchev–Trinajstić information content (AvgIpc) is 2.79. The Morgan fingerprint density at radius 1 is 0.914 bits per heavy atom. The summed E-state index contributed by atoms with van der Waals surface area (Å²) in [5.74, 6) is -0.211. The van der Waals surface area contributed by atoms with Crippen LogP contribution in [-0.4, -0.2) is 62.3 Å². The molecule has 0 bridgehead atoms. The second kappa shape index (κ2) is 31.3. The molecule has 4 amide bonds. The van der Waals surface area contributed by atoms with E-state index in [-0.39, 0.29) is 35.2 Å². The largest absolute Gasteiger partial charge is 0.369 e. The van der Waals surface area contributed by atoms with Gasteiger partial charge < -0.3 is 33.6 Å². The number of Topliss-reactive ketones (excluding diaryl/α,β-unsaturated/α-hetero) is 2. The first kappa shape index (κ1) is 34.5. The van der Waals surface area contributed by atoms with E-state index in [0.29, 0.717) is 32.6 Å². The van der Waals surface area contributed by atoms with Crippen molar-refractivity contribution in [3.8, 4) is 0 Å². The molecule has 12 heteroatoms. The molecule has 0 aromatic rings. The molecular formula is C23H48N6O6. The van der Waals surface area contributed by atoms with Crippen LogP contribution in [-0.2, 0) is 28.8 Å². The van der Waals surface area contributed by atoms with E-state index < -0.39 is 12.8 Å². The van der Waals surface area contributed by atoms with Crippen LogP contribution in [0.3, 0.4) is 0 Å². The number of amides is 4. The van der Waals surface area contributed by atoms with Crippen LogP contribution in [0.1, 0.15) is 75.4 Å². The van der Waals surface area contributed by atoms with Gasteiger partial charge in [0.05, 0.1) is 13.1 Å². The van der Waals surface area contributed by atoms with E-state index >= 15 is 0 Å². The molecule has 0 aromatic heterocycles. The lowest BCUT2D eigenvalue weighted by Gasteiger charge is -2.04. The van der Waals surface area contributed by atoms with Gasteiger partial charge in [-0.3, -0.25) is 28.8 Å². The summed E-state index contributed by atoms with van der Waals surface area (Å²) in [6.45, 7) is 9.00. The number of carbonyl (C=O) groups is 6. The van der Waals surface area contributed by atoms with Gasteiger partial charge >= 0.3 is 0 Å². The molecule has 2 unspecified atom stereocenters. The van der Waals surface area contributed by atoms with Gasteiger partial charge in [0.1, 0.15) is 14.3 Å². The Hall–Kier alpha value is -2.70. The molecule has 10 N–H and O–H groups in total. The van der Waals surface area contributed by atoms with E-state index in [9.17, 15) is 28.8 Å². The SMILES string of the molecule is CC(CCCCN)C(N)=O.CC(CCCCN)C(N)=O.CCC(=O)CNCC(C)=O.[1H]C(=O)NC([2H])=O. The van der Waals surface area contributed by atoms with E-state index in [0.717, 1.165) is 38.5 Å². The van der Waals surface area contributed by atoms with Gasteiger partial charge in [-0.1, -0.05) is 33.6 Å². The van der Waals surface area contributed by atoms with Crippen molar-refractivity contribution in [3.05, 3.63) is 0 Å². The monoisotopic (exact) mass is 505 g/mol. The van der Waals surface area contributed by atoms with Gasteiger partial charge in [-0.2, -0.15) is 0 Å². The summed E-state index contributed by atoms with van der Waals surface area (Å²) in [4.78, 5) is 60.9. The van der Waals surface area contributed by atoms with Crippen LogP contribution >= 0.6 is 0 Å². The molecule has 12 nitrogen and oxygen atoms in total. The Balaban J connectivity index is -0.000000198. The Morgan fingerprint density at radius 3 is 1.57 bits per heavy atom. The Kier molecular flexibility index (Phi) is 30.8. The second-order valence-electron chi connectivity index (χ2n) is 7.70. The number of nitrogens with two attached hydrogens (primary N) is 4. The molecule has 2 atom stereocenters. The third kappa shape index (κ3) is 42.0. The lowest BCUT2D eigenvalue weighted by molar-refractivity contribution is -0.122. The Bertz CT molecular complexity index is 630. The highest BCUT2D eigenvalue weighted by molar-refractivity contribution is 5.82. The summed E-state index contributed by atoms with van der Waals surface area (Å²) in [5.41, 5.74) is 20.6. The molecule has 0 aliphatic rings. The van der Waals surface area contributed by atoms with Crippen molar-refractivity contribution in [2.24, 2.45) is 34.8 Å². The fourth-order valence-corrected chi connectivity index (χ4v) is 2.00. The molecule has 35 heavy (non-hydrogen) atoms. The van der Waals surface area contributed by atoms with E-state index in [4.69, 9.17) is 25.7 Å². The molecule has 0 aliphatic heterocycles. The summed E-state index contributed by atoms with van der Waals surface area (Å²) in [6.07, 6.45) is 3.74. The van der Waals surface area contributed by atoms with E-state index in [2.05, 4.69) is 5.32 Å². The number of nitrogens with one attached hydrogen (secondary N) is 2. The van der Waals surface area contributed by atoms with Crippen LogP contribution in [0.4, 0.5) is 0 Å². The maximum atomic E-state index is 10.6. The first-order valence-corrected chi connectivity index (χ1v) is 11.6. The van der Waals surface area contributed by atoms with Crippen LogP contribution in [0, 0.1) is 11.8 Å². The molecule has 206 valence electrons. The normalized spacial score (nSPS) is 11.7. The zero-order valence-corrected chi connectivity index (χ0v) is 21.7. The number of ketones is 2. The first-order valence-electron chi connectivity index (χ1n) is 12.6. The van der Waals surface area contributed by atoms with Crippen LogP contribution < -0.4 is 33.6 Å². The number of unbranched alkanes of at least 4 members (excludes halogenated alkanes) is 2. The van der Waals surface area contributed by atoms with E-state index in [1.807, 2.05) is 13.8 Å². The number of imide groups is 1. The zero-order chi connectivity index (χ0) is 29.8. The van der Waals surface area contributed by atoms with Gasteiger partial charge in [-0.15, -0.1) is 0 Å². The average molecular weight is 506 g/mol. The van der Waals surface area contributed by atoms with Gasteiger partial charge in [0.2, 0.25) is 24.6 Å². The van der Waals surface area contributed by atoms with E-state index in [1.165, 1.54) is 12.2 Å². The standard InChI is InChI=1S/2C7H16N2O.C7H13NO2.C2H3NO2/c2*1-6(7(9)10)4-2-3-5-8;1-3-7(10)5-8-4-6(2)9;4-1-3-2-5/h2*6H,2-5,8H2,1H3,(H2,9,10);8H,3-5H2,1-2H3;1-2H,(H,3,4,5)/i;;;1H,2D. The van der Waals surface area contributed by atoms with Crippen LogP contribution in [0.25, 0.3) is 0 Å². The van der Waals surface area contributed by atoms with Crippen molar-refractivity contribution in [1.82, 2.24) is 10.6 Å². The molecular weight excluding hydrogens is 456 g/mol. The van der Waals surface area contributed by atoms with Gasteiger partial charge in [0.25, 0.3) is 0 Å². The summed E-state index contributed by atoms with van der Waals surface area (Å²) < 4.78 is 12.0. The Labute approximate surface area is 212 Å². The number of rotatable bonds is 15. The fourth-order valence-electron chi connectivity index (χ4n) is 2.00. The third-order valence-electron chi connectivity index (χ3n) is 4.35. The van der Waals surface area contributed by atoms with Crippen molar-refractivity contribution in [2.45, 2.75) is 72.6 Å². The minimum absolute atomic E-state index is 0.00606. The van der Waals surface area contributed by atoms with Gasteiger partial charge in [-0.05, 0) is 45.7 Å². The minimum atomic E-state index is -1.25. The van der Waals surface area contributed by atoms with Gasteiger partial charge in [-0.25, -0.2) is 0 Å². The van der Waals surface area contributed by atoms with Crippen LogP contribution in [0.5, 0.6) is 0 Å². The summed E-state index contributed by atoms with van der Waals surface area (Å²) in [7, 11) is 0. The third-order valence-corrected chi connectivity index (χ3v) is 4.35. The summed E-state index contributed by atoms with van der Waals surface area (Å²) >= 11 is 0. The lowest BCUT2D eigenvalue weighted by Crippen LogP contribution is -2.26. The predicted octanol–water partition coefficient (Wildman–Crippen LogP) is -0.493. The topological polar surface area (TPSA) is 231 Å². The highest BCUT2D eigenvalue weighted by atomic mass is 16.2. The van der Waals surface area contributed by atoms with Crippen molar-refractivity contribution in [1.29, 1.82) is 0 Å². The van der Waals surface area contributed by atoms with Crippen molar-refractivity contribution >= 4 is 36.2 Å². The molecule has 0 heterocycles. The number of carbonyl (C=O) groups excluding carboxylic acids is 6. The molecule has 0 fully saturated rings. The quantitative estimate of drug-likeness (QED) is 0.124. The van der Waals surface area contributed by atoms with Gasteiger partial charge in [0, 0.05) is 18.3 Å². The molecule has 0 aromatic carbocycles. The molecule has 0 spiro atoms. The summed E-state index contributed by atoms with van der Waals surface area (Å²) in [6, 6.07) is 0. The minimum Gasteiger partial charge on any atom is -0.369 e. The molecule has 0 radical (unpaired) electrons. The maximum absolute atomic E-state index is 10.6. The first-order chi connectivity index (χ1) is 17.2. The highest BCUT2D eigenvalue weighted by Crippen LogP contribution is 2.06. The van der Waals surface area contributed by atoms with Crippen LogP contribution in [0.2, 0.25) is 0 Å². The van der Waals surface area contributed by atoms with Crippen molar-refractivity contribution in [3.63, 3.8) is 0 Å². The molecule has 0 aliphatic carbocycles. The molecule has 0 rings (SSSR count). The predicted molar refractivity (Wildman–Crippen MR) is 137 cm³/mol.